The number of amides is 1. The molecule has 0 aliphatic carbocycles. The number of carbonyl (C=O) groups is 1. The molecule has 7 heteroatoms. The summed E-state index contributed by atoms with van der Waals surface area (Å²) in [6, 6.07) is 14.7. The van der Waals surface area contributed by atoms with Crippen molar-refractivity contribution in [1.29, 1.82) is 0 Å². The first kappa shape index (κ1) is 17.2. The Kier molecular flexibility index (Phi) is 5.45. The SMILES string of the molecule is COc1ccc(-c2noc(CCNC(=O)c3ccccc3Br)n2)cc1. The smallest absolute Gasteiger partial charge is 0.252 e. The Balaban J connectivity index is 1.56. The van der Waals surface area contributed by atoms with Crippen molar-refractivity contribution in [2.24, 2.45) is 0 Å². The number of aromatic nitrogens is 2. The van der Waals surface area contributed by atoms with Crippen molar-refractivity contribution in [3.05, 3.63) is 64.5 Å². The molecule has 0 radical (unpaired) electrons. The molecule has 0 spiro atoms. The Bertz CT molecular complexity index is 862. The number of ether oxygens (including phenoxy) is 1. The average molecular weight is 402 g/mol. The van der Waals surface area contributed by atoms with Crippen LogP contribution in [0.5, 0.6) is 5.75 Å². The van der Waals surface area contributed by atoms with Gasteiger partial charge >= 0.3 is 0 Å². The number of hydrogen-bond donors (Lipinski definition) is 1. The highest BCUT2D eigenvalue weighted by atomic mass is 79.9. The van der Waals surface area contributed by atoms with Gasteiger partial charge in [-0.25, -0.2) is 0 Å². The van der Waals surface area contributed by atoms with Gasteiger partial charge in [0.15, 0.2) is 0 Å². The van der Waals surface area contributed by atoms with E-state index >= 15 is 0 Å². The molecule has 0 saturated carbocycles. The third kappa shape index (κ3) is 4.24. The van der Waals surface area contributed by atoms with Gasteiger partial charge in [-0.05, 0) is 52.3 Å². The monoisotopic (exact) mass is 401 g/mol. The highest BCUT2D eigenvalue weighted by molar-refractivity contribution is 9.10. The molecule has 128 valence electrons. The predicted octanol–water partition coefficient (Wildman–Crippen LogP) is 3.48. The molecule has 3 aromatic rings. The number of benzene rings is 2. The Morgan fingerprint density at radius 2 is 1.96 bits per heavy atom. The molecule has 0 aliphatic heterocycles. The Hall–Kier alpha value is -2.67. The lowest BCUT2D eigenvalue weighted by atomic mass is 10.2. The summed E-state index contributed by atoms with van der Waals surface area (Å²) >= 11 is 3.36. The Morgan fingerprint density at radius 1 is 1.20 bits per heavy atom. The van der Waals surface area contributed by atoms with Crippen LogP contribution in [0, 0.1) is 0 Å². The lowest BCUT2D eigenvalue weighted by Crippen LogP contribution is -2.26. The van der Waals surface area contributed by atoms with Crippen LogP contribution >= 0.6 is 15.9 Å². The number of methoxy groups -OCH3 is 1. The summed E-state index contributed by atoms with van der Waals surface area (Å²) in [5.41, 5.74) is 1.43. The third-order valence-electron chi connectivity index (χ3n) is 3.56. The van der Waals surface area contributed by atoms with E-state index in [0.29, 0.717) is 30.2 Å². The fourth-order valence-electron chi connectivity index (χ4n) is 2.24. The third-order valence-corrected chi connectivity index (χ3v) is 4.25. The van der Waals surface area contributed by atoms with Crippen LogP contribution in [0.1, 0.15) is 16.2 Å². The summed E-state index contributed by atoms with van der Waals surface area (Å²) in [4.78, 5) is 16.5. The van der Waals surface area contributed by atoms with E-state index in [2.05, 4.69) is 31.4 Å². The fraction of sp³-hybridized carbons (Fsp3) is 0.167. The summed E-state index contributed by atoms with van der Waals surface area (Å²) in [5, 5.41) is 6.80. The molecule has 1 heterocycles. The van der Waals surface area contributed by atoms with Crippen LogP contribution < -0.4 is 10.1 Å². The van der Waals surface area contributed by atoms with Gasteiger partial charge in [-0.3, -0.25) is 4.79 Å². The summed E-state index contributed by atoms with van der Waals surface area (Å²) < 4.78 is 11.1. The topological polar surface area (TPSA) is 77.3 Å². The molecule has 0 saturated heterocycles. The van der Waals surface area contributed by atoms with Crippen LogP contribution in [-0.2, 0) is 6.42 Å². The van der Waals surface area contributed by atoms with Gasteiger partial charge in [-0.1, -0.05) is 17.3 Å². The van der Waals surface area contributed by atoms with Crippen LogP contribution in [0.4, 0.5) is 0 Å². The second-order valence-corrected chi connectivity index (χ2v) is 6.08. The summed E-state index contributed by atoms with van der Waals surface area (Å²) in [5.74, 6) is 1.60. The second-order valence-electron chi connectivity index (χ2n) is 5.23. The van der Waals surface area contributed by atoms with E-state index in [4.69, 9.17) is 9.26 Å². The van der Waals surface area contributed by atoms with E-state index in [-0.39, 0.29) is 5.91 Å². The Morgan fingerprint density at radius 3 is 2.68 bits per heavy atom. The van der Waals surface area contributed by atoms with Crippen molar-refractivity contribution in [2.45, 2.75) is 6.42 Å². The number of nitrogens with one attached hydrogen (secondary N) is 1. The van der Waals surface area contributed by atoms with E-state index in [1.54, 1.807) is 13.2 Å². The van der Waals surface area contributed by atoms with Crippen molar-refractivity contribution in [1.82, 2.24) is 15.5 Å². The molecule has 0 atom stereocenters. The van der Waals surface area contributed by atoms with Crippen molar-refractivity contribution in [2.75, 3.05) is 13.7 Å². The Labute approximate surface area is 153 Å². The van der Waals surface area contributed by atoms with Crippen molar-refractivity contribution in [3.63, 3.8) is 0 Å². The molecule has 1 aromatic heterocycles. The minimum Gasteiger partial charge on any atom is -0.497 e. The first-order chi connectivity index (χ1) is 12.2. The highest BCUT2D eigenvalue weighted by Crippen LogP contribution is 2.20. The molecule has 2 aromatic carbocycles. The van der Waals surface area contributed by atoms with Gasteiger partial charge in [0.2, 0.25) is 11.7 Å². The molecule has 1 amide bonds. The van der Waals surface area contributed by atoms with Gasteiger partial charge in [0.25, 0.3) is 5.91 Å². The van der Waals surface area contributed by atoms with Gasteiger partial charge in [0.1, 0.15) is 5.75 Å². The summed E-state index contributed by atoms with van der Waals surface area (Å²) in [6.07, 6.45) is 0.458. The number of halogens is 1. The van der Waals surface area contributed by atoms with Gasteiger partial charge in [-0.2, -0.15) is 4.98 Å². The lowest BCUT2D eigenvalue weighted by Gasteiger charge is -2.05. The van der Waals surface area contributed by atoms with Gasteiger partial charge in [-0.15, -0.1) is 0 Å². The maximum absolute atomic E-state index is 12.1. The van der Waals surface area contributed by atoms with E-state index in [1.165, 1.54) is 0 Å². The molecular weight excluding hydrogens is 386 g/mol. The molecule has 0 aliphatic rings. The van der Waals surface area contributed by atoms with Crippen LogP contribution in [0.25, 0.3) is 11.4 Å². The fourth-order valence-corrected chi connectivity index (χ4v) is 2.70. The van der Waals surface area contributed by atoms with Gasteiger partial charge < -0.3 is 14.6 Å². The summed E-state index contributed by atoms with van der Waals surface area (Å²) in [6.45, 7) is 0.407. The molecule has 1 N–H and O–H groups in total. The van der Waals surface area contributed by atoms with Gasteiger partial charge in [0.05, 0.1) is 12.7 Å². The zero-order valence-corrected chi connectivity index (χ0v) is 15.1. The highest BCUT2D eigenvalue weighted by Gasteiger charge is 2.11. The standard InChI is InChI=1S/C18H16BrN3O3/c1-24-13-8-6-12(7-9-13)17-21-16(25-22-17)10-11-20-18(23)14-4-2-3-5-15(14)19/h2-9H,10-11H2,1H3,(H,20,23). The van der Waals surface area contributed by atoms with Crippen LogP contribution in [0.2, 0.25) is 0 Å². The van der Waals surface area contributed by atoms with Gasteiger partial charge in [0, 0.05) is 23.0 Å². The molecule has 0 bridgehead atoms. The number of rotatable bonds is 6. The molecule has 3 rings (SSSR count). The molecule has 0 unspecified atom stereocenters. The minimum absolute atomic E-state index is 0.151. The number of nitrogens with zero attached hydrogens (tertiary/aromatic N) is 2. The largest absolute Gasteiger partial charge is 0.497 e. The maximum Gasteiger partial charge on any atom is 0.252 e. The zero-order chi connectivity index (χ0) is 17.6. The number of carbonyl (C=O) groups excluding carboxylic acids is 1. The van der Waals surface area contributed by atoms with Crippen LogP contribution in [0.15, 0.2) is 57.5 Å². The maximum atomic E-state index is 12.1. The molecule has 0 fully saturated rings. The molecule has 25 heavy (non-hydrogen) atoms. The van der Waals surface area contributed by atoms with Crippen molar-refractivity contribution in [3.8, 4) is 17.1 Å². The lowest BCUT2D eigenvalue weighted by molar-refractivity contribution is 0.0952. The first-order valence-electron chi connectivity index (χ1n) is 7.67. The van der Waals surface area contributed by atoms with Crippen molar-refractivity contribution < 1.29 is 14.1 Å². The van der Waals surface area contributed by atoms with E-state index in [1.807, 2.05) is 42.5 Å². The normalized spacial score (nSPS) is 10.5. The van der Waals surface area contributed by atoms with Crippen LogP contribution in [0.3, 0.4) is 0 Å². The predicted molar refractivity (Wildman–Crippen MR) is 96.5 cm³/mol. The second kappa shape index (κ2) is 7.94. The van der Waals surface area contributed by atoms with Crippen molar-refractivity contribution >= 4 is 21.8 Å². The minimum atomic E-state index is -0.151. The van der Waals surface area contributed by atoms with E-state index in [0.717, 1.165) is 15.8 Å². The van der Waals surface area contributed by atoms with E-state index < -0.39 is 0 Å². The first-order valence-corrected chi connectivity index (χ1v) is 8.46. The van der Waals surface area contributed by atoms with Crippen LogP contribution in [-0.4, -0.2) is 29.7 Å². The molecular formula is C18H16BrN3O3. The van der Waals surface area contributed by atoms with E-state index in [9.17, 15) is 4.79 Å². The summed E-state index contributed by atoms with van der Waals surface area (Å²) in [7, 11) is 1.61. The quantitative estimate of drug-likeness (QED) is 0.683. The number of hydrogen-bond acceptors (Lipinski definition) is 5. The average Bonchev–Trinajstić information content (AvgIpc) is 3.11. The molecule has 6 nitrogen and oxygen atoms in total. The zero-order valence-electron chi connectivity index (χ0n) is 13.5.